The first kappa shape index (κ1) is 21.4. The molecule has 1 aliphatic heterocycles. The standard InChI is InChI=1S/C23H33N3O3/c1-5-25-10-7-8-18(25)15-26(11-9-22(27)29-6-2)23(28)21-14-19-17(4)12-16(3)13-20(19)24-21/h12-14,18,24H,5-11,15H2,1-4H3. The first-order valence-corrected chi connectivity index (χ1v) is 10.7. The number of ether oxygens (including phenoxy) is 1. The van der Waals surface area contributed by atoms with Crippen molar-refractivity contribution in [2.45, 2.75) is 53.0 Å². The summed E-state index contributed by atoms with van der Waals surface area (Å²) in [5.41, 5.74) is 3.88. The number of aromatic amines is 1. The predicted molar refractivity (Wildman–Crippen MR) is 115 cm³/mol. The van der Waals surface area contributed by atoms with Gasteiger partial charge in [0.1, 0.15) is 5.69 Å². The highest BCUT2D eigenvalue weighted by Gasteiger charge is 2.28. The fourth-order valence-corrected chi connectivity index (χ4v) is 4.39. The molecule has 1 N–H and O–H groups in total. The number of fused-ring (bicyclic) bond motifs is 1. The zero-order valence-corrected chi connectivity index (χ0v) is 18.1. The highest BCUT2D eigenvalue weighted by Crippen LogP contribution is 2.23. The lowest BCUT2D eigenvalue weighted by atomic mass is 10.1. The van der Waals surface area contributed by atoms with E-state index in [4.69, 9.17) is 4.74 Å². The van der Waals surface area contributed by atoms with Crippen molar-refractivity contribution in [1.29, 1.82) is 0 Å². The van der Waals surface area contributed by atoms with Gasteiger partial charge in [0.15, 0.2) is 0 Å². The minimum Gasteiger partial charge on any atom is -0.466 e. The third kappa shape index (κ3) is 4.99. The SMILES string of the molecule is CCOC(=O)CCN(CC1CCCN1CC)C(=O)c1cc2c(C)cc(C)cc2[nH]1. The second-order valence-electron chi connectivity index (χ2n) is 7.96. The van der Waals surface area contributed by atoms with Crippen LogP contribution in [-0.4, -0.2) is 65.5 Å². The molecule has 1 aromatic heterocycles. The fraction of sp³-hybridized carbons (Fsp3) is 0.565. The molecule has 0 bridgehead atoms. The molecule has 2 heterocycles. The van der Waals surface area contributed by atoms with Crippen LogP contribution in [0.15, 0.2) is 18.2 Å². The molecule has 1 atom stereocenters. The highest BCUT2D eigenvalue weighted by atomic mass is 16.5. The molecule has 1 amide bonds. The molecule has 1 aromatic carbocycles. The summed E-state index contributed by atoms with van der Waals surface area (Å²) in [7, 11) is 0. The second kappa shape index (κ2) is 9.44. The first-order chi connectivity index (χ1) is 13.9. The van der Waals surface area contributed by atoms with Gasteiger partial charge in [0, 0.05) is 30.0 Å². The van der Waals surface area contributed by atoms with Crippen molar-refractivity contribution in [3.63, 3.8) is 0 Å². The molecule has 6 heteroatoms. The topological polar surface area (TPSA) is 65.6 Å². The maximum absolute atomic E-state index is 13.4. The van der Waals surface area contributed by atoms with Crippen molar-refractivity contribution in [3.05, 3.63) is 35.0 Å². The van der Waals surface area contributed by atoms with E-state index in [9.17, 15) is 9.59 Å². The lowest BCUT2D eigenvalue weighted by Gasteiger charge is -2.30. The quantitative estimate of drug-likeness (QED) is 0.688. The summed E-state index contributed by atoms with van der Waals surface area (Å²) in [4.78, 5) is 32.8. The van der Waals surface area contributed by atoms with Gasteiger partial charge < -0.3 is 14.6 Å². The number of rotatable bonds is 8. The van der Waals surface area contributed by atoms with Crippen LogP contribution in [0.4, 0.5) is 0 Å². The lowest BCUT2D eigenvalue weighted by Crippen LogP contribution is -2.44. The van der Waals surface area contributed by atoms with Crippen LogP contribution in [0.5, 0.6) is 0 Å². The second-order valence-corrected chi connectivity index (χ2v) is 7.96. The Kier molecular flexibility index (Phi) is 6.96. The number of carbonyl (C=O) groups excluding carboxylic acids is 2. The van der Waals surface area contributed by atoms with Gasteiger partial charge in [0.2, 0.25) is 0 Å². The summed E-state index contributed by atoms with van der Waals surface area (Å²) in [5, 5.41) is 1.07. The minimum atomic E-state index is -0.257. The van der Waals surface area contributed by atoms with Gasteiger partial charge in [-0.3, -0.25) is 14.5 Å². The summed E-state index contributed by atoms with van der Waals surface area (Å²) in [6, 6.07) is 6.48. The van der Waals surface area contributed by atoms with Crippen LogP contribution in [0.25, 0.3) is 10.9 Å². The zero-order valence-electron chi connectivity index (χ0n) is 18.1. The van der Waals surface area contributed by atoms with Crippen molar-refractivity contribution in [1.82, 2.24) is 14.8 Å². The average Bonchev–Trinajstić information content (AvgIpc) is 3.31. The van der Waals surface area contributed by atoms with E-state index in [1.165, 1.54) is 5.56 Å². The number of aromatic nitrogens is 1. The number of likely N-dealkylation sites (tertiary alicyclic amines) is 1. The zero-order chi connectivity index (χ0) is 21.0. The van der Waals surface area contributed by atoms with Crippen LogP contribution in [0.2, 0.25) is 0 Å². The van der Waals surface area contributed by atoms with Gasteiger partial charge in [-0.1, -0.05) is 13.0 Å². The van der Waals surface area contributed by atoms with Crippen LogP contribution in [0.3, 0.4) is 0 Å². The molecule has 3 rings (SSSR count). The normalized spacial score (nSPS) is 17.0. The number of H-pyrrole nitrogens is 1. The number of aryl methyl sites for hydroxylation is 2. The molecular weight excluding hydrogens is 366 g/mol. The maximum atomic E-state index is 13.4. The molecule has 29 heavy (non-hydrogen) atoms. The van der Waals surface area contributed by atoms with E-state index in [0.29, 0.717) is 31.4 Å². The van der Waals surface area contributed by atoms with Crippen molar-refractivity contribution in [3.8, 4) is 0 Å². The van der Waals surface area contributed by atoms with Crippen molar-refractivity contribution in [2.24, 2.45) is 0 Å². The molecule has 1 fully saturated rings. The molecule has 0 spiro atoms. The number of benzene rings is 1. The average molecular weight is 400 g/mol. The van der Waals surface area contributed by atoms with Crippen molar-refractivity contribution >= 4 is 22.8 Å². The number of hydrogen-bond acceptors (Lipinski definition) is 4. The third-order valence-electron chi connectivity index (χ3n) is 5.83. The smallest absolute Gasteiger partial charge is 0.307 e. The number of esters is 1. The van der Waals surface area contributed by atoms with Crippen LogP contribution in [-0.2, 0) is 9.53 Å². The first-order valence-electron chi connectivity index (χ1n) is 10.7. The number of likely N-dealkylation sites (N-methyl/N-ethyl adjacent to an activating group) is 1. The van der Waals surface area contributed by atoms with Crippen LogP contribution in [0.1, 0.15) is 54.7 Å². The monoisotopic (exact) mass is 399 g/mol. The van der Waals surface area contributed by atoms with Gasteiger partial charge >= 0.3 is 5.97 Å². The Balaban J connectivity index is 1.82. The van der Waals surface area contributed by atoms with Crippen LogP contribution in [0, 0.1) is 13.8 Å². The van der Waals surface area contributed by atoms with Gasteiger partial charge in [0.25, 0.3) is 5.91 Å². The molecule has 6 nitrogen and oxygen atoms in total. The van der Waals surface area contributed by atoms with Crippen LogP contribution < -0.4 is 0 Å². The summed E-state index contributed by atoms with van der Waals surface area (Å²) >= 11 is 0. The van der Waals surface area contributed by atoms with Gasteiger partial charge in [-0.15, -0.1) is 0 Å². The molecule has 158 valence electrons. The fourth-order valence-electron chi connectivity index (χ4n) is 4.39. The van der Waals surface area contributed by atoms with E-state index in [-0.39, 0.29) is 18.3 Å². The van der Waals surface area contributed by atoms with Crippen molar-refractivity contribution in [2.75, 3.05) is 32.8 Å². The Labute approximate surface area is 173 Å². The van der Waals surface area contributed by atoms with E-state index in [1.807, 2.05) is 11.0 Å². The van der Waals surface area contributed by atoms with Crippen LogP contribution >= 0.6 is 0 Å². The molecule has 1 saturated heterocycles. The van der Waals surface area contributed by atoms with Gasteiger partial charge in [-0.05, 0) is 70.0 Å². The minimum absolute atomic E-state index is 0.0505. The summed E-state index contributed by atoms with van der Waals surface area (Å²) in [5.74, 6) is -0.308. The molecule has 0 radical (unpaired) electrons. The molecule has 0 aliphatic carbocycles. The van der Waals surface area contributed by atoms with Crippen molar-refractivity contribution < 1.29 is 14.3 Å². The lowest BCUT2D eigenvalue weighted by molar-refractivity contribution is -0.143. The number of nitrogens with zero attached hydrogens (tertiary/aromatic N) is 2. The van der Waals surface area contributed by atoms with Gasteiger partial charge in [-0.25, -0.2) is 0 Å². The Morgan fingerprint density at radius 3 is 2.76 bits per heavy atom. The number of nitrogens with one attached hydrogen (secondary N) is 1. The molecule has 2 aromatic rings. The van der Waals surface area contributed by atoms with E-state index >= 15 is 0 Å². The van der Waals surface area contributed by atoms with Gasteiger partial charge in [-0.2, -0.15) is 0 Å². The Morgan fingerprint density at radius 1 is 1.24 bits per heavy atom. The predicted octanol–water partition coefficient (Wildman–Crippen LogP) is 3.66. The molecule has 1 unspecified atom stereocenters. The van der Waals surface area contributed by atoms with E-state index in [2.05, 4.69) is 42.8 Å². The van der Waals surface area contributed by atoms with Gasteiger partial charge in [0.05, 0.1) is 13.0 Å². The number of carbonyl (C=O) groups is 2. The largest absolute Gasteiger partial charge is 0.466 e. The Morgan fingerprint density at radius 2 is 2.03 bits per heavy atom. The van der Waals surface area contributed by atoms with E-state index in [1.54, 1.807) is 6.92 Å². The maximum Gasteiger partial charge on any atom is 0.307 e. The third-order valence-corrected chi connectivity index (χ3v) is 5.83. The summed E-state index contributed by atoms with van der Waals surface area (Å²) < 4.78 is 5.07. The molecule has 1 aliphatic rings. The van der Waals surface area contributed by atoms with E-state index in [0.717, 1.165) is 42.4 Å². The Bertz CT molecular complexity index is 874. The Hall–Kier alpha value is -2.34. The number of amides is 1. The molecular formula is C23H33N3O3. The molecule has 0 saturated carbocycles. The highest BCUT2D eigenvalue weighted by molar-refractivity contribution is 5.99. The number of hydrogen-bond donors (Lipinski definition) is 1. The summed E-state index contributed by atoms with van der Waals surface area (Å²) in [6.07, 6.45) is 2.46. The van der Waals surface area contributed by atoms with E-state index < -0.39 is 0 Å². The summed E-state index contributed by atoms with van der Waals surface area (Å²) in [6.45, 7) is 11.5.